The summed E-state index contributed by atoms with van der Waals surface area (Å²) < 4.78 is 113. The highest BCUT2D eigenvalue weighted by Gasteiger charge is 2.40. The number of hydrogen-bond donors (Lipinski definition) is 3. The summed E-state index contributed by atoms with van der Waals surface area (Å²) in [7, 11) is -5.20. The molecule has 9 nitrogen and oxygen atoms in total. The minimum absolute atomic E-state index is 0.0233. The summed E-state index contributed by atoms with van der Waals surface area (Å²) in [5.41, 5.74) is -3.33. The monoisotopic (exact) mass is 601 g/mol. The second-order valence-corrected chi connectivity index (χ2v) is 11.7. The lowest BCUT2D eigenvalue weighted by atomic mass is 9.88. The maximum atomic E-state index is 15.2. The molecule has 214 valence electrons. The van der Waals surface area contributed by atoms with Gasteiger partial charge in [0.1, 0.15) is 27.4 Å². The zero-order valence-corrected chi connectivity index (χ0v) is 21.9. The number of sulfonamides is 1. The fourth-order valence-corrected chi connectivity index (χ4v) is 5.73. The number of aliphatic hydroxyl groups is 1. The highest BCUT2D eigenvalue weighted by molar-refractivity contribution is 7.89. The number of carboxylic acid groups (broad SMARTS) is 1. The number of rotatable bonds is 10. The smallest absolute Gasteiger partial charge is 0.404 e. The molecule has 3 aromatic rings. The Bertz CT molecular complexity index is 1480. The zero-order chi connectivity index (χ0) is 29.5. The Labute approximate surface area is 221 Å². The first kappa shape index (κ1) is 30.5. The van der Waals surface area contributed by atoms with Crippen molar-refractivity contribution in [2.75, 3.05) is 0 Å². The molecule has 3 rings (SSSR count). The minimum atomic E-state index is -5.20. The number of aliphatic carboxylic acids is 1. The fourth-order valence-electron chi connectivity index (χ4n) is 3.34. The molecule has 39 heavy (non-hydrogen) atoms. The Morgan fingerprint density at radius 3 is 2.41 bits per heavy atom. The topological polar surface area (TPSA) is 143 Å². The second kappa shape index (κ2) is 10.9. The predicted molar refractivity (Wildman–Crippen MR) is 125 cm³/mol. The van der Waals surface area contributed by atoms with Crippen molar-refractivity contribution in [3.8, 4) is 21.1 Å². The van der Waals surface area contributed by atoms with Crippen molar-refractivity contribution >= 4 is 27.3 Å². The van der Waals surface area contributed by atoms with Crippen LogP contribution in [0.4, 0.5) is 26.3 Å². The van der Waals surface area contributed by atoms with Gasteiger partial charge in [-0.2, -0.15) is 17.9 Å². The summed E-state index contributed by atoms with van der Waals surface area (Å²) >= 11 is 0.672. The molecular formula is C22H21F6N3O6S2. The molecule has 0 fully saturated rings. The summed E-state index contributed by atoms with van der Waals surface area (Å²) in [6, 6.07) is 0.0315. The number of alkyl halides is 5. The maximum Gasteiger partial charge on any atom is 0.404 e. The van der Waals surface area contributed by atoms with Gasteiger partial charge >= 0.3 is 12.1 Å². The molecule has 0 amide bonds. The van der Waals surface area contributed by atoms with Crippen LogP contribution in [-0.4, -0.2) is 47.0 Å². The summed E-state index contributed by atoms with van der Waals surface area (Å²) in [4.78, 5) is 13.8. The number of nitrogens with one attached hydrogen (secondary N) is 1. The molecule has 0 aliphatic rings. The van der Waals surface area contributed by atoms with E-state index in [9.17, 15) is 45.4 Å². The van der Waals surface area contributed by atoms with E-state index >= 15 is 4.39 Å². The van der Waals surface area contributed by atoms with Crippen molar-refractivity contribution in [3.63, 3.8) is 0 Å². The normalized spacial score (nSPS) is 13.7. The highest BCUT2D eigenvalue weighted by atomic mass is 32.2. The van der Waals surface area contributed by atoms with Crippen LogP contribution in [0.2, 0.25) is 0 Å². The van der Waals surface area contributed by atoms with Gasteiger partial charge in [0.25, 0.3) is 6.43 Å². The van der Waals surface area contributed by atoms with Gasteiger partial charge in [-0.3, -0.25) is 4.79 Å². The van der Waals surface area contributed by atoms with Gasteiger partial charge in [-0.15, -0.1) is 11.3 Å². The molecule has 0 radical (unpaired) electrons. The third-order valence-corrected chi connectivity index (χ3v) is 8.25. The van der Waals surface area contributed by atoms with E-state index in [1.807, 2.05) is 0 Å². The minimum Gasteiger partial charge on any atom is -0.481 e. The summed E-state index contributed by atoms with van der Waals surface area (Å²) in [5, 5.41) is 22.8. The molecule has 0 saturated carbocycles. The van der Waals surface area contributed by atoms with E-state index in [1.165, 1.54) is 24.6 Å². The quantitative estimate of drug-likeness (QED) is 0.278. The van der Waals surface area contributed by atoms with Gasteiger partial charge in [0, 0.05) is 18.1 Å². The number of halogens is 6. The van der Waals surface area contributed by atoms with Gasteiger partial charge < -0.3 is 14.7 Å². The number of aliphatic hydroxyl groups excluding tert-OH is 1. The Morgan fingerprint density at radius 1 is 1.23 bits per heavy atom. The van der Waals surface area contributed by atoms with Crippen LogP contribution in [0, 0.1) is 11.2 Å². The van der Waals surface area contributed by atoms with Crippen molar-refractivity contribution in [1.29, 1.82) is 0 Å². The van der Waals surface area contributed by atoms with Crippen LogP contribution in [0.1, 0.15) is 44.2 Å². The van der Waals surface area contributed by atoms with E-state index in [0.717, 1.165) is 6.07 Å². The van der Waals surface area contributed by atoms with Crippen molar-refractivity contribution in [1.82, 2.24) is 14.9 Å². The molecule has 0 saturated heterocycles. The second-order valence-electron chi connectivity index (χ2n) is 9.02. The van der Waals surface area contributed by atoms with Crippen LogP contribution < -0.4 is 4.72 Å². The average Bonchev–Trinajstić information content (AvgIpc) is 3.43. The van der Waals surface area contributed by atoms with E-state index in [1.54, 1.807) is 0 Å². The van der Waals surface area contributed by atoms with Gasteiger partial charge in [-0.1, -0.05) is 11.2 Å². The van der Waals surface area contributed by atoms with Crippen LogP contribution in [0.15, 0.2) is 27.6 Å². The van der Waals surface area contributed by atoms with Gasteiger partial charge in [0.15, 0.2) is 5.82 Å². The lowest BCUT2D eigenvalue weighted by Crippen LogP contribution is -2.43. The molecule has 2 aromatic heterocycles. The average molecular weight is 602 g/mol. The number of aromatic nitrogens is 2. The standard InChI is InChI=1S/C22H21F6N3O6S2/c1-9(22(26,27)28)31-39(35,36)14-5-4-11(15(16(14)23)18(24)25)17-13(8-32)29-19(38-17)12-6-10(37-30-12)7-21(2,3)20(33)34/h4-6,9,18,31-32H,7-8H2,1-3H3,(H,33,34). The van der Waals surface area contributed by atoms with Crippen molar-refractivity contribution in [2.45, 2.75) is 57.3 Å². The van der Waals surface area contributed by atoms with E-state index in [2.05, 4.69) is 10.1 Å². The van der Waals surface area contributed by atoms with Gasteiger partial charge in [0.2, 0.25) is 10.0 Å². The lowest BCUT2D eigenvalue weighted by molar-refractivity contribution is -0.147. The fraction of sp³-hybridized carbons (Fsp3) is 0.409. The molecule has 1 unspecified atom stereocenters. The van der Waals surface area contributed by atoms with E-state index in [0.29, 0.717) is 24.3 Å². The number of carboxylic acids is 1. The van der Waals surface area contributed by atoms with Crippen LogP contribution in [0.25, 0.3) is 21.1 Å². The van der Waals surface area contributed by atoms with Gasteiger partial charge in [0.05, 0.1) is 28.2 Å². The Balaban J connectivity index is 2.07. The van der Waals surface area contributed by atoms with E-state index < -0.39 is 68.5 Å². The molecule has 1 atom stereocenters. The summed E-state index contributed by atoms with van der Waals surface area (Å²) in [6.45, 7) is 2.55. The van der Waals surface area contributed by atoms with Crippen LogP contribution >= 0.6 is 11.3 Å². The van der Waals surface area contributed by atoms with Gasteiger partial charge in [-0.05, 0) is 26.8 Å². The Kier molecular flexibility index (Phi) is 8.50. The molecular weight excluding hydrogens is 580 g/mol. The largest absolute Gasteiger partial charge is 0.481 e. The lowest BCUT2D eigenvalue weighted by Gasteiger charge is -2.19. The first-order valence-electron chi connectivity index (χ1n) is 10.9. The molecule has 17 heteroatoms. The van der Waals surface area contributed by atoms with Crippen molar-refractivity contribution < 1.29 is 54.3 Å². The van der Waals surface area contributed by atoms with Crippen molar-refractivity contribution in [3.05, 3.63) is 41.0 Å². The number of carbonyl (C=O) groups is 1. The number of benzene rings is 1. The Hall–Kier alpha value is -3.02. The molecule has 0 bridgehead atoms. The first-order valence-corrected chi connectivity index (χ1v) is 13.2. The van der Waals surface area contributed by atoms with Crippen LogP contribution in [0.5, 0.6) is 0 Å². The number of thiazole rings is 1. The molecule has 0 aliphatic heterocycles. The van der Waals surface area contributed by atoms with E-state index in [4.69, 9.17) is 4.52 Å². The van der Waals surface area contributed by atoms with E-state index in [-0.39, 0.29) is 33.5 Å². The first-order chi connectivity index (χ1) is 17.9. The Morgan fingerprint density at radius 2 is 1.87 bits per heavy atom. The molecule has 2 heterocycles. The van der Waals surface area contributed by atoms with Crippen LogP contribution in [0.3, 0.4) is 0 Å². The molecule has 3 N–H and O–H groups in total. The summed E-state index contributed by atoms with van der Waals surface area (Å²) in [5.74, 6) is -2.91. The molecule has 1 aromatic carbocycles. The maximum absolute atomic E-state index is 15.2. The van der Waals surface area contributed by atoms with Crippen LogP contribution in [-0.2, 0) is 27.8 Å². The highest BCUT2D eigenvalue weighted by Crippen LogP contribution is 2.42. The summed E-state index contributed by atoms with van der Waals surface area (Å²) in [6.07, 6.45) is -8.68. The number of hydrogen-bond acceptors (Lipinski definition) is 8. The predicted octanol–water partition coefficient (Wildman–Crippen LogP) is 4.92. The number of nitrogens with zero attached hydrogens (tertiary/aromatic N) is 2. The molecule has 0 spiro atoms. The zero-order valence-electron chi connectivity index (χ0n) is 20.3. The SMILES string of the molecule is CC(NS(=O)(=O)c1ccc(-c2sc(-c3cc(CC(C)(C)C(=O)O)on3)nc2CO)c(C(F)F)c1F)C(F)(F)F. The van der Waals surface area contributed by atoms with Crippen molar-refractivity contribution in [2.24, 2.45) is 5.41 Å². The third-order valence-electron chi connectivity index (χ3n) is 5.54. The van der Waals surface area contributed by atoms with Gasteiger partial charge in [-0.25, -0.2) is 26.6 Å². The third kappa shape index (κ3) is 6.42. The molecule has 0 aliphatic carbocycles.